The zero-order valence-electron chi connectivity index (χ0n) is 15.7. The van der Waals surface area contributed by atoms with E-state index in [1.165, 1.54) is 12.8 Å². The lowest BCUT2D eigenvalue weighted by atomic mass is 9.79. The molecule has 7 heteroatoms. The fourth-order valence-electron chi connectivity index (χ4n) is 4.66. The monoisotopic (exact) mass is 395 g/mol. The number of amides is 1. The number of carbonyl (C=O) groups is 1. The molecular weight excluding hydrogens is 361 g/mol. The van der Waals surface area contributed by atoms with Gasteiger partial charge < -0.3 is 15.4 Å². The maximum Gasteiger partial charge on any atom is 0.224 e. The average Bonchev–Trinajstić information content (AvgIpc) is 3.00. The van der Waals surface area contributed by atoms with Crippen molar-refractivity contribution in [3.05, 3.63) is 0 Å². The molecule has 1 atom stereocenters. The lowest BCUT2D eigenvalue weighted by molar-refractivity contribution is -0.139. The highest BCUT2D eigenvalue weighted by Crippen LogP contribution is 2.39. The highest BCUT2D eigenvalue weighted by Gasteiger charge is 2.44. The molecule has 1 saturated carbocycles. The van der Waals surface area contributed by atoms with Crippen LogP contribution in [-0.2, 0) is 9.53 Å². The van der Waals surface area contributed by atoms with E-state index >= 15 is 0 Å². The first-order valence-electron chi connectivity index (χ1n) is 9.29. The van der Waals surface area contributed by atoms with Gasteiger partial charge >= 0.3 is 0 Å². The standard InChI is InChI=1S/C18H33N3O2.2ClH/c1-17(2)14-20(8-5-15(17)19)16(22)13-18(6-3-4-7-18)21-9-11-23-12-10-21;;/h15H,3-14,19H2,1-2H3;2*1H. The molecule has 1 amide bonds. The second kappa shape index (κ2) is 9.23. The van der Waals surface area contributed by atoms with Crippen molar-refractivity contribution < 1.29 is 9.53 Å². The van der Waals surface area contributed by atoms with Crippen molar-refractivity contribution in [1.82, 2.24) is 9.80 Å². The van der Waals surface area contributed by atoms with Crippen LogP contribution in [-0.4, -0.2) is 66.7 Å². The molecule has 148 valence electrons. The second-order valence-electron chi connectivity index (χ2n) is 8.41. The van der Waals surface area contributed by atoms with Gasteiger partial charge in [0.2, 0.25) is 5.91 Å². The van der Waals surface area contributed by atoms with Crippen LogP contribution in [0.1, 0.15) is 52.4 Å². The average molecular weight is 396 g/mol. The number of piperidine rings is 1. The van der Waals surface area contributed by atoms with Crippen molar-refractivity contribution in [2.45, 2.75) is 64.0 Å². The van der Waals surface area contributed by atoms with Gasteiger partial charge in [-0.05, 0) is 24.7 Å². The van der Waals surface area contributed by atoms with Crippen LogP contribution in [0.2, 0.25) is 0 Å². The molecule has 1 unspecified atom stereocenters. The summed E-state index contributed by atoms with van der Waals surface area (Å²) in [6.07, 6.45) is 6.43. The maximum atomic E-state index is 13.0. The summed E-state index contributed by atoms with van der Waals surface area (Å²) in [7, 11) is 0. The van der Waals surface area contributed by atoms with E-state index in [4.69, 9.17) is 10.5 Å². The number of carbonyl (C=O) groups excluding carboxylic acids is 1. The predicted octanol–water partition coefficient (Wildman–Crippen LogP) is 2.45. The molecular formula is C18H35Cl2N3O2. The van der Waals surface area contributed by atoms with Gasteiger partial charge in [0, 0.05) is 44.2 Å². The Kier molecular flexibility index (Phi) is 8.48. The van der Waals surface area contributed by atoms with Crippen LogP contribution >= 0.6 is 24.8 Å². The number of rotatable bonds is 3. The number of nitrogens with zero attached hydrogens (tertiary/aromatic N) is 2. The summed E-state index contributed by atoms with van der Waals surface area (Å²) in [4.78, 5) is 17.6. The summed E-state index contributed by atoms with van der Waals surface area (Å²) in [5.74, 6) is 0.332. The van der Waals surface area contributed by atoms with Crippen LogP contribution in [0.4, 0.5) is 0 Å². The Hall–Kier alpha value is -0.0700. The fraction of sp³-hybridized carbons (Fsp3) is 0.944. The van der Waals surface area contributed by atoms with Crippen molar-refractivity contribution in [2.24, 2.45) is 11.1 Å². The van der Waals surface area contributed by atoms with Crippen molar-refractivity contribution in [2.75, 3.05) is 39.4 Å². The van der Waals surface area contributed by atoms with E-state index in [1.807, 2.05) is 0 Å². The van der Waals surface area contributed by atoms with Crippen LogP contribution < -0.4 is 5.73 Å². The maximum absolute atomic E-state index is 13.0. The first-order chi connectivity index (χ1) is 10.9. The van der Waals surface area contributed by atoms with Gasteiger partial charge in [-0.3, -0.25) is 9.69 Å². The first-order valence-corrected chi connectivity index (χ1v) is 9.29. The summed E-state index contributed by atoms with van der Waals surface area (Å²) < 4.78 is 5.51. The van der Waals surface area contributed by atoms with E-state index in [0.29, 0.717) is 12.3 Å². The molecule has 2 saturated heterocycles. The van der Waals surface area contributed by atoms with Gasteiger partial charge in [-0.2, -0.15) is 0 Å². The van der Waals surface area contributed by atoms with Crippen LogP contribution in [0.25, 0.3) is 0 Å². The number of ether oxygens (including phenoxy) is 1. The Bertz CT molecular complexity index is 436. The molecule has 0 aromatic rings. The topological polar surface area (TPSA) is 58.8 Å². The Labute approximate surface area is 164 Å². The Balaban J connectivity index is 0.00000156. The number of hydrogen-bond acceptors (Lipinski definition) is 4. The summed E-state index contributed by atoms with van der Waals surface area (Å²) in [6, 6.07) is 0.200. The molecule has 0 spiro atoms. The van der Waals surface area contributed by atoms with Crippen molar-refractivity contribution in [3.8, 4) is 0 Å². The van der Waals surface area contributed by atoms with E-state index in [-0.39, 0.29) is 41.8 Å². The smallest absolute Gasteiger partial charge is 0.224 e. The van der Waals surface area contributed by atoms with Gasteiger partial charge in [0.25, 0.3) is 0 Å². The van der Waals surface area contributed by atoms with Gasteiger partial charge in [-0.15, -0.1) is 24.8 Å². The summed E-state index contributed by atoms with van der Waals surface area (Å²) in [5, 5.41) is 0. The van der Waals surface area contributed by atoms with Crippen LogP contribution in [0, 0.1) is 5.41 Å². The molecule has 2 heterocycles. The number of halogens is 2. The zero-order chi connectivity index (χ0) is 16.5. The molecule has 3 fully saturated rings. The number of hydrogen-bond donors (Lipinski definition) is 1. The molecule has 2 aliphatic heterocycles. The van der Waals surface area contributed by atoms with E-state index in [0.717, 1.165) is 58.7 Å². The Morgan fingerprint density at radius 3 is 2.28 bits per heavy atom. The molecule has 3 aliphatic rings. The molecule has 2 N–H and O–H groups in total. The summed E-state index contributed by atoms with van der Waals surface area (Å²) >= 11 is 0. The van der Waals surface area contributed by atoms with Crippen LogP contribution in [0.3, 0.4) is 0 Å². The minimum atomic E-state index is 0. The first kappa shape index (κ1) is 23.0. The van der Waals surface area contributed by atoms with Gasteiger partial charge in [0.05, 0.1) is 13.2 Å². The molecule has 25 heavy (non-hydrogen) atoms. The second-order valence-corrected chi connectivity index (χ2v) is 8.41. The third kappa shape index (κ3) is 5.01. The highest BCUT2D eigenvalue weighted by molar-refractivity contribution is 5.85. The highest BCUT2D eigenvalue weighted by atomic mass is 35.5. The number of nitrogens with two attached hydrogens (primary N) is 1. The van der Waals surface area contributed by atoms with E-state index in [2.05, 4.69) is 23.6 Å². The Morgan fingerprint density at radius 2 is 1.72 bits per heavy atom. The number of likely N-dealkylation sites (tertiary alicyclic amines) is 1. The third-order valence-electron chi connectivity index (χ3n) is 6.36. The molecule has 0 aromatic carbocycles. The van der Waals surface area contributed by atoms with E-state index in [1.54, 1.807) is 0 Å². The summed E-state index contributed by atoms with van der Waals surface area (Å²) in [5.41, 5.74) is 6.33. The van der Waals surface area contributed by atoms with E-state index in [9.17, 15) is 4.79 Å². The van der Waals surface area contributed by atoms with E-state index < -0.39 is 0 Å². The minimum absolute atomic E-state index is 0. The lowest BCUT2D eigenvalue weighted by Gasteiger charge is -2.46. The van der Waals surface area contributed by atoms with Crippen molar-refractivity contribution in [1.29, 1.82) is 0 Å². The Morgan fingerprint density at radius 1 is 1.12 bits per heavy atom. The fourth-order valence-corrected chi connectivity index (χ4v) is 4.66. The lowest BCUT2D eigenvalue weighted by Crippen LogP contribution is -2.57. The van der Waals surface area contributed by atoms with Gasteiger partial charge in [0.15, 0.2) is 0 Å². The summed E-state index contributed by atoms with van der Waals surface area (Å²) in [6.45, 7) is 9.56. The van der Waals surface area contributed by atoms with Crippen molar-refractivity contribution >= 4 is 30.7 Å². The SMILES string of the molecule is CC1(C)CN(C(=O)CC2(N3CCOCC3)CCCC2)CCC1N.Cl.Cl. The molecule has 1 aliphatic carbocycles. The van der Waals surface area contributed by atoms with Gasteiger partial charge in [-0.1, -0.05) is 26.7 Å². The zero-order valence-corrected chi connectivity index (χ0v) is 17.3. The normalized spacial score (nSPS) is 28.8. The molecule has 3 rings (SSSR count). The molecule has 0 radical (unpaired) electrons. The van der Waals surface area contributed by atoms with Gasteiger partial charge in [0.1, 0.15) is 0 Å². The minimum Gasteiger partial charge on any atom is -0.379 e. The predicted molar refractivity (Wildman–Crippen MR) is 106 cm³/mol. The van der Waals surface area contributed by atoms with Crippen LogP contribution in [0.15, 0.2) is 0 Å². The quantitative estimate of drug-likeness (QED) is 0.796. The van der Waals surface area contributed by atoms with Crippen LogP contribution in [0.5, 0.6) is 0 Å². The van der Waals surface area contributed by atoms with Crippen molar-refractivity contribution in [3.63, 3.8) is 0 Å². The molecule has 0 aromatic heterocycles. The number of morpholine rings is 1. The van der Waals surface area contributed by atoms with Gasteiger partial charge in [-0.25, -0.2) is 0 Å². The molecule has 5 nitrogen and oxygen atoms in total. The third-order valence-corrected chi connectivity index (χ3v) is 6.36. The largest absolute Gasteiger partial charge is 0.379 e. The molecule has 0 bridgehead atoms.